The summed E-state index contributed by atoms with van der Waals surface area (Å²) in [5, 5.41) is 10.7. The van der Waals surface area contributed by atoms with Gasteiger partial charge in [0.2, 0.25) is 5.79 Å². The molecule has 1 aliphatic rings. The third-order valence-corrected chi connectivity index (χ3v) is 4.20. The third-order valence-electron chi connectivity index (χ3n) is 4.20. The van der Waals surface area contributed by atoms with Crippen LogP contribution in [0, 0.1) is 0 Å². The summed E-state index contributed by atoms with van der Waals surface area (Å²) in [4.78, 5) is 16.7. The van der Waals surface area contributed by atoms with E-state index in [1.807, 2.05) is 13.8 Å². The molecule has 4 rings (SSSR count). The summed E-state index contributed by atoms with van der Waals surface area (Å²) in [5.74, 6) is 0.346. The second-order valence-electron chi connectivity index (χ2n) is 6.09. The number of aryl methyl sites for hydroxylation is 1. The molecule has 1 aliphatic heterocycles. The van der Waals surface area contributed by atoms with Gasteiger partial charge < -0.3 is 14.8 Å². The van der Waals surface area contributed by atoms with Crippen LogP contribution in [-0.4, -0.2) is 31.7 Å². The van der Waals surface area contributed by atoms with Crippen LogP contribution >= 0.6 is 0 Å². The quantitative estimate of drug-likeness (QED) is 0.788. The van der Waals surface area contributed by atoms with Gasteiger partial charge in [-0.1, -0.05) is 12.1 Å². The van der Waals surface area contributed by atoms with Crippen LogP contribution in [-0.2, 0) is 7.05 Å². The van der Waals surface area contributed by atoms with E-state index in [9.17, 15) is 4.79 Å². The fourth-order valence-electron chi connectivity index (χ4n) is 2.63. The molecule has 0 saturated heterocycles. The van der Waals surface area contributed by atoms with Crippen LogP contribution in [0.15, 0.2) is 30.5 Å². The van der Waals surface area contributed by atoms with Crippen molar-refractivity contribution in [1.29, 1.82) is 0 Å². The monoisotopic (exact) mass is 339 g/mol. The van der Waals surface area contributed by atoms with Crippen molar-refractivity contribution in [2.24, 2.45) is 7.05 Å². The van der Waals surface area contributed by atoms with E-state index in [4.69, 9.17) is 9.47 Å². The normalized spacial score (nSPS) is 18.5. The predicted molar refractivity (Wildman–Crippen MR) is 90.7 cm³/mol. The third kappa shape index (κ3) is 2.65. The van der Waals surface area contributed by atoms with Crippen molar-refractivity contribution in [3.05, 3.63) is 36.0 Å². The predicted octanol–water partition coefficient (Wildman–Crippen LogP) is 2.51. The summed E-state index contributed by atoms with van der Waals surface area (Å²) in [6.45, 7) is 3.87. The van der Waals surface area contributed by atoms with Crippen molar-refractivity contribution < 1.29 is 14.3 Å². The molecule has 2 aromatic heterocycles. The maximum Gasteiger partial charge on any atom is 0.257 e. The van der Waals surface area contributed by atoms with E-state index in [1.54, 1.807) is 36.0 Å². The van der Waals surface area contributed by atoms with Gasteiger partial charge in [-0.3, -0.25) is 4.79 Å². The first kappa shape index (κ1) is 15.4. The molecule has 1 N–H and O–H groups in total. The minimum atomic E-state index is -0.661. The van der Waals surface area contributed by atoms with Gasteiger partial charge in [-0.2, -0.15) is 0 Å². The lowest BCUT2D eigenvalue weighted by Crippen LogP contribution is -2.33. The average Bonchev–Trinajstić information content (AvgIpc) is 3.14. The van der Waals surface area contributed by atoms with Gasteiger partial charge in [0.15, 0.2) is 17.1 Å². The Hall–Kier alpha value is -3.16. The topological polar surface area (TPSA) is 91.2 Å². The molecule has 0 saturated carbocycles. The number of amides is 1. The number of pyridine rings is 1. The number of rotatable bonds is 3. The maximum absolute atomic E-state index is 12.5. The van der Waals surface area contributed by atoms with Gasteiger partial charge in [-0.25, -0.2) is 9.67 Å². The zero-order chi connectivity index (χ0) is 17.6. The molecule has 0 radical (unpaired) electrons. The van der Waals surface area contributed by atoms with Gasteiger partial charge in [0.1, 0.15) is 5.52 Å². The largest absolute Gasteiger partial charge is 0.449 e. The Morgan fingerprint density at radius 2 is 2.08 bits per heavy atom. The van der Waals surface area contributed by atoms with Crippen molar-refractivity contribution in [3.8, 4) is 11.5 Å². The molecule has 3 aromatic rings. The molecule has 1 aromatic carbocycles. The number of carbonyl (C=O) groups is 1. The van der Waals surface area contributed by atoms with Crippen molar-refractivity contribution in [2.75, 3.05) is 5.32 Å². The van der Waals surface area contributed by atoms with Crippen molar-refractivity contribution >= 4 is 22.8 Å². The van der Waals surface area contributed by atoms with Gasteiger partial charge in [0.05, 0.1) is 5.56 Å². The Balaban J connectivity index is 1.56. The van der Waals surface area contributed by atoms with E-state index in [2.05, 4.69) is 20.6 Å². The van der Waals surface area contributed by atoms with Gasteiger partial charge in [0.25, 0.3) is 5.91 Å². The lowest BCUT2D eigenvalue weighted by molar-refractivity contribution is -0.0640. The van der Waals surface area contributed by atoms with E-state index in [1.165, 1.54) is 6.20 Å². The van der Waals surface area contributed by atoms with E-state index in [0.29, 0.717) is 40.3 Å². The van der Waals surface area contributed by atoms with Crippen LogP contribution in [0.25, 0.3) is 11.2 Å². The van der Waals surface area contributed by atoms with Gasteiger partial charge in [-0.05, 0) is 18.2 Å². The number of nitrogens with zero attached hydrogens (tertiary/aromatic N) is 4. The Morgan fingerprint density at radius 1 is 1.28 bits per heavy atom. The molecule has 0 fully saturated rings. The number of carbonyl (C=O) groups excluding carboxylic acids is 1. The zero-order valence-electron chi connectivity index (χ0n) is 14.1. The second-order valence-corrected chi connectivity index (χ2v) is 6.09. The lowest BCUT2D eigenvalue weighted by atomic mass is 10.2. The molecule has 0 aliphatic carbocycles. The Morgan fingerprint density at radius 3 is 2.88 bits per heavy atom. The summed E-state index contributed by atoms with van der Waals surface area (Å²) < 4.78 is 13.2. The molecule has 128 valence electrons. The SMILES string of the molecule is CC[C@]1(C)Oc2ccc(NC(=O)c3cnc4c(c3)nnn4C)cc2O1. The van der Waals surface area contributed by atoms with E-state index in [0.717, 1.165) is 0 Å². The summed E-state index contributed by atoms with van der Waals surface area (Å²) in [7, 11) is 1.75. The Labute approximate surface area is 143 Å². The van der Waals surface area contributed by atoms with Crippen LogP contribution in [0.3, 0.4) is 0 Å². The number of aromatic nitrogens is 4. The minimum absolute atomic E-state index is 0.280. The standard InChI is InChI=1S/C17H17N5O3/c1-4-17(2)24-13-6-5-11(8-14(13)25-17)19-16(23)10-7-12-15(18-9-10)22(3)21-20-12/h5-9H,4H2,1-3H3,(H,19,23)/t17-/m1/s1. The van der Waals surface area contributed by atoms with Crippen LogP contribution in [0.4, 0.5) is 5.69 Å². The maximum atomic E-state index is 12.5. The van der Waals surface area contributed by atoms with Crippen LogP contribution in [0.5, 0.6) is 11.5 Å². The Bertz CT molecular complexity index is 984. The van der Waals surface area contributed by atoms with Crippen molar-refractivity contribution in [3.63, 3.8) is 0 Å². The van der Waals surface area contributed by atoms with Gasteiger partial charge in [0, 0.05) is 38.3 Å². The molecule has 0 spiro atoms. The van der Waals surface area contributed by atoms with Gasteiger partial charge >= 0.3 is 0 Å². The average molecular weight is 339 g/mol. The molecule has 0 unspecified atom stereocenters. The molecule has 1 atom stereocenters. The number of fused-ring (bicyclic) bond motifs is 2. The van der Waals surface area contributed by atoms with E-state index in [-0.39, 0.29) is 5.91 Å². The first-order chi connectivity index (χ1) is 12.0. The number of hydrogen-bond acceptors (Lipinski definition) is 6. The smallest absolute Gasteiger partial charge is 0.257 e. The summed E-state index contributed by atoms with van der Waals surface area (Å²) in [6, 6.07) is 6.97. The first-order valence-corrected chi connectivity index (χ1v) is 7.96. The molecule has 3 heterocycles. The second kappa shape index (κ2) is 5.44. The fourth-order valence-corrected chi connectivity index (χ4v) is 2.63. The van der Waals surface area contributed by atoms with Crippen LogP contribution in [0.1, 0.15) is 30.6 Å². The summed E-state index contributed by atoms with van der Waals surface area (Å²) in [6.07, 6.45) is 2.22. The number of benzene rings is 1. The molecule has 8 nitrogen and oxygen atoms in total. The highest BCUT2D eigenvalue weighted by molar-refractivity contribution is 6.05. The zero-order valence-corrected chi connectivity index (χ0v) is 14.1. The van der Waals surface area contributed by atoms with Crippen molar-refractivity contribution in [2.45, 2.75) is 26.1 Å². The Kier molecular flexibility index (Phi) is 3.34. The van der Waals surface area contributed by atoms with Crippen molar-refractivity contribution in [1.82, 2.24) is 20.0 Å². The number of ether oxygens (including phenoxy) is 2. The molecular formula is C17H17N5O3. The first-order valence-electron chi connectivity index (χ1n) is 7.96. The molecule has 1 amide bonds. The van der Waals surface area contributed by atoms with Gasteiger partial charge in [-0.15, -0.1) is 5.10 Å². The molecule has 8 heteroatoms. The number of hydrogen-bond donors (Lipinski definition) is 1. The molecular weight excluding hydrogens is 322 g/mol. The van der Waals surface area contributed by atoms with Crippen LogP contribution < -0.4 is 14.8 Å². The highest BCUT2D eigenvalue weighted by Gasteiger charge is 2.35. The minimum Gasteiger partial charge on any atom is -0.449 e. The number of anilines is 1. The molecule has 0 bridgehead atoms. The number of nitrogens with one attached hydrogen (secondary N) is 1. The van der Waals surface area contributed by atoms with Crippen LogP contribution in [0.2, 0.25) is 0 Å². The lowest BCUT2D eigenvalue weighted by Gasteiger charge is -2.20. The summed E-state index contributed by atoms with van der Waals surface area (Å²) in [5.41, 5.74) is 2.22. The highest BCUT2D eigenvalue weighted by atomic mass is 16.7. The fraction of sp³-hybridized carbons (Fsp3) is 0.294. The van der Waals surface area contributed by atoms with E-state index >= 15 is 0 Å². The molecule has 25 heavy (non-hydrogen) atoms. The summed E-state index contributed by atoms with van der Waals surface area (Å²) >= 11 is 0. The highest BCUT2D eigenvalue weighted by Crippen LogP contribution is 2.42. The van der Waals surface area contributed by atoms with E-state index < -0.39 is 5.79 Å².